The van der Waals surface area contributed by atoms with Crippen molar-refractivity contribution in [1.82, 2.24) is 5.32 Å². The zero-order valence-electron chi connectivity index (χ0n) is 11.8. The minimum atomic E-state index is 0.157. The Balaban J connectivity index is 2.14. The van der Waals surface area contributed by atoms with Crippen molar-refractivity contribution >= 4 is 0 Å². The standard InChI is InChI=1S/C17H21NO2/c1-2-18-17(11-12-19)14-7-6-10-16(13-14)20-15-8-4-3-5-9-15/h3-10,13,17-19H,2,11-12H2,1H3. The lowest BCUT2D eigenvalue weighted by Gasteiger charge is -2.18. The maximum absolute atomic E-state index is 9.16. The van der Waals surface area contributed by atoms with E-state index in [4.69, 9.17) is 9.84 Å². The van der Waals surface area contributed by atoms with E-state index in [1.54, 1.807) is 0 Å². The minimum Gasteiger partial charge on any atom is -0.457 e. The van der Waals surface area contributed by atoms with Crippen LogP contribution in [0.3, 0.4) is 0 Å². The molecule has 0 aliphatic carbocycles. The number of rotatable bonds is 7. The molecule has 0 bridgehead atoms. The fraction of sp³-hybridized carbons (Fsp3) is 0.294. The van der Waals surface area contributed by atoms with Gasteiger partial charge < -0.3 is 15.2 Å². The summed E-state index contributed by atoms with van der Waals surface area (Å²) >= 11 is 0. The van der Waals surface area contributed by atoms with Crippen LogP contribution in [0.1, 0.15) is 24.9 Å². The third kappa shape index (κ3) is 4.08. The number of para-hydroxylation sites is 1. The summed E-state index contributed by atoms with van der Waals surface area (Å²) in [5.74, 6) is 1.64. The van der Waals surface area contributed by atoms with Gasteiger partial charge >= 0.3 is 0 Å². The molecule has 2 aromatic carbocycles. The second-order valence-electron chi connectivity index (χ2n) is 4.61. The molecule has 0 spiro atoms. The number of aliphatic hydroxyl groups is 1. The van der Waals surface area contributed by atoms with E-state index in [1.165, 1.54) is 0 Å². The number of ether oxygens (including phenoxy) is 1. The molecular formula is C17H21NO2. The summed E-state index contributed by atoms with van der Waals surface area (Å²) in [5, 5.41) is 12.5. The Hall–Kier alpha value is -1.84. The van der Waals surface area contributed by atoms with Gasteiger partial charge in [-0.05, 0) is 42.8 Å². The first-order valence-corrected chi connectivity index (χ1v) is 7.00. The molecule has 20 heavy (non-hydrogen) atoms. The summed E-state index contributed by atoms with van der Waals surface area (Å²) in [6.07, 6.45) is 0.697. The van der Waals surface area contributed by atoms with Crippen molar-refractivity contribution in [2.75, 3.05) is 13.2 Å². The average molecular weight is 271 g/mol. The molecule has 0 aliphatic heterocycles. The van der Waals surface area contributed by atoms with Gasteiger partial charge in [-0.3, -0.25) is 0 Å². The fourth-order valence-corrected chi connectivity index (χ4v) is 2.18. The predicted molar refractivity (Wildman–Crippen MR) is 81.1 cm³/mol. The Morgan fingerprint density at radius 1 is 1.05 bits per heavy atom. The Morgan fingerprint density at radius 3 is 2.50 bits per heavy atom. The number of hydrogen-bond donors (Lipinski definition) is 2. The second kappa shape index (κ2) is 7.68. The van der Waals surface area contributed by atoms with Crippen LogP contribution in [0.5, 0.6) is 11.5 Å². The number of benzene rings is 2. The lowest BCUT2D eigenvalue weighted by atomic mass is 10.0. The molecule has 0 heterocycles. The summed E-state index contributed by atoms with van der Waals surface area (Å²) in [5.41, 5.74) is 1.13. The molecule has 0 fully saturated rings. The molecule has 1 atom stereocenters. The highest BCUT2D eigenvalue weighted by Gasteiger charge is 2.10. The van der Waals surface area contributed by atoms with Crippen LogP contribution in [-0.2, 0) is 0 Å². The van der Waals surface area contributed by atoms with Crippen molar-refractivity contribution in [2.24, 2.45) is 0 Å². The van der Waals surface area contributed by atoms with Gasteiger partial charge in [-0.15, -0.1) is 0 Å². The van der Waals surface area contributed by atoms with Crippen LogP contribution in [0, 0.1) is 0 Å². The van der Waals surface area contributed by atoms with Crippen LogP contribution < -0.4 is 10.1 Å². The fourth-order valence-electron chi connectivity index (χ4n) is 2.18. The average Bonchev–Trinajstić information content (AvgIpc) is 2.48. The Morgan fingerprint density at radius 2 is 1.80 bits per heavy atom. The van der Waals surface area contributed by atoms with Gasteiger partial charge in [0.25, 0.3) is 0 Å². The highest BCUT2D eigenvalue weighted by molar-refractivity contribution is 5.35. The van der Waals surface area contributed by atoms with E-state index < -0.39 is 0 Å². The first-order chi connectivity index (χ1) is 9.83. The quantitative estimate of drug-likeness (QED) is 0.809. The molecule has 0 aliphatic rings. The van der Waals surface area contributed by atoms with Crippen LogP contribution in [0.15, 0.2) is 54.6 Å². The summed E-state index contributed by atoms with van der Waals surface area (Å²) < 4.78 is 5.84. The van der Waals surface area contributed by atoms with Gasteiger partial charge in [-0.2, -0.15) is 0 Å². The van der Waals surface area contributed by atoms with Crippen molar-refractivity contribution in [1.29, 1.82) is 0 Å². The van der Waals surface area contributed by atoms with Gasteiger partial charge in [0.15, 0.2) is 0 Å². The molecule has 0 aromatic heterocycles. The highest BCUT2D eigenvalue weighted by atomic mass is 16.5. The van der Waals surface area contributed by atoms with Crippen molar-refractivity contribution < 1.29 is 9.84 Å². The van der Waals surface area contributed by atoms with E-state index in [-0.39, 0.29) is 12.6 Å². The summed E-state index contributed by atoms with van der Waals surface area (Å²) in [4.78, 5) is 0. The molecule has 0 saturated carbocycles. The number of nitrogens with one attached hydrogen (secondary N) is 1. The van der Waals surface area contributed by atoms with Crippen molar-refractivity contribution in [3.8, 4) is 11.5 Å². The van der Waals surface area contributed by atoms with E-state index in [1.807, 2.05) is 48.5 Å². The van der Waals surface area contributed by atoms with E-state index in [0.717, 1.165) is 23.6 Å². The van der Waals surface area contributed by atoms with Crippen LogP contribution >= 0.6 is 0 Å². The van der Waals surface area contributed by atoms with E-state index >= 15 is 0 Å². The predicted octanol–water partition coefficient (Wildman–Crippen LogP) is 3.51. The molecule has 3 nitrogen and oxygen atoms in total. The van der Waals surface area contributed by atoms with Gasteiger partial charge in [0.05, 0.1) is 0 Å². The lowest BCUT2D eigenvalue weighted by Crippen LogP contribution is -2.21. The van der Waals surface area contributed by atoms with Gasteiger partial charge in [0, 0.05) is 12.6 Å². The third-order valence-electron chi connectivity index (χ3n) is 3.11. The Bertz CT molecular complexity index is 507. The molecule has 2 rings (SSSR count). The summed E-state index contributed by atoms with van der Waals surface area (Å²) in [6.45, 7) is 3.10. The molecule has 1 unspecified atom stereocenters. The van der Waals surface area contributed by atoms with E-state index in [0.29, 0.717) is 6.42 Å². The largest absolute Gasteiger partial charge is 0.457 e. The van der Waals surface area contributed by atoms with Crippen molar-refractivity contribution in [2.45, 2.75) is 19.4 Å². The monoisotopic (exact) mass is 271 g/mol. The van der Waals surface area contributed by atoms with Crippen LogP contribution in [-0.4, -0.2) is 18.3 Å². The molecule has 2 aromatic rings. The van der Waals surface area contributed by atoms with Crippen molar-refractivity contribution in [3.63, 3.8) is 0 Å². The molecule has 3 heteroatoms. The van der Waals surface area contributed by atoms with Crippen molar-refractivity contribution in [3.05, 3.63) is 60.2 Å². The van der Waals surface area contributed by atoms with Gasteiger partial charge in [-0.1, -0.05) is 37.3 Å². The molecule has 2 N–H and O–H groups in total. The molecule has 0 amide bonds. The second-order valence-corrected chi connectivity index (χ2v) is 4.61. The minimum absolute atomic E-state index is 0.157. The third-order valence-corrected chi connectivity index (χ3v) is 3.11. The molecular weight excluding hydrogens is 250 g/mol. The maximum atomic E-state index is 9.16. The first kappa shape index (κ1) is 14.6. The molecule has 106 valence electrons. The molecule has 0 saturated heterocycles. The van der Waals surface area contributed by atoms with Crippen LogP contribution in [0.2, 0.25) is 0 Å². The SMILES string of the molecule is CCNC(CCO)c1cccc(Oc2ccccc2)c1. The van der Waals surface area contributed by atoms with Crippen LogP contribution in [0.4, 0.5) is 0 Å². The van der Waals surface area contributed by atoms with E-state index in [2.05, 4.69) is 18.3 Å². The molecule has 0 radical (unpaired) electrons. The maximum Gasteiger partial charge on any atom is 0.127 e. The van der Waals surface area contributed by atoms with Crippen LogP contribution in [0.25, 0.3) is 0 Å². The zero-order valence-corrected chi connectivity index (χ0v) is 11.8. The normalized spacial score (nSPS) is 12.1. The lowest BCUT2D eigenvalue weighted by molar-refractivity contribution is 0.266. The Kier molecular flexibility index (Phi) is 5.59. The zero-order chi connectivity index (χ0) is 14.2. The summed E-state index contributed by atoms with van der Waals surface area (Å²) in [6, 6.07) is 17.9. The Labute approximate surface area is 120 Å². The summed E-state index contributed by atoms with van der Waals surface area (Å²) in [7, 11) is 0. The highest BCUT2D eigenvalue weighted by Crippen LogP contribution is 2.25. The first-order valence-electron chi connectivity index (χ1n) is 7.00. The van der Waals surface area contributed by atoms with Gasteiger partial charge in [0.2, 0.25) is 0 Å². The smallest absolute Gasteiger partial charge is 0.127 e. The number of hydrogen-bond acceptors (Lipinski definition) is 3. The topological polar surface area (TPSA) is 41.5 Å². The number of aliphatic hydroxyl groups excluding tert-OH is 1. The van der Waals surface area contributed by atoms with Gasteiger partial charge in [0.1, 0.15) is 11.5 Å². The van der Waals surface area contributed by atoms with Gasteiger partial charge in [-0.25, -0.2) is 0 Å². The van der Waals surface area contributed by atoms with E-state index in [9.17, 15) is 0 Å².